The Morgan fingerprint density at radius 3 is 2.48 bits per heavy atom. The molecular formula is C23H27N3O4S. The smallest absolute Gasteiger partial charge is 0.276 e. The maximum atomic E-state index is 12.0. The fourth-order valence-electron chi connectivity index (χ4n) is 2.59. The minimum atomic E-state index is -0.449. The second-order valence-electron chi connectivity index (χ2n) is 6.73. The summed E-state index contributed by atoms with van der Waals surface area (Å²) in [5.74, 6) is 0.832. The van der Waals surface area contributed by atoms with Crippen LogP contribution in [-0.2, 0) is 9.59 Å². The molecule has 164 valence electrons. The Kier molecular flexibility index (Phi) is 9.51. The summed E-state index contributed by atoms with van der Waals surface area (Å²) in [5.41, 5.74) is 6.81. The third-order valence-electron chi connectivity index (χ3n) is 4.54. The molecule has 1 atom stereocenters. The Bertz CT molecular complexity index is 929. The van der Waals surface area contributed by atoms with Gasteiger partial charge in [-0.1, -0.05) is 44.2 Å². The van der Waals surface area contributed by atoms with Gasteiger partial charge in [0.05, 0.1) is 7.11 Å². The molecule has 1 unspecified atom stereocenters. The van der Waals surface area contributed by atoms with E-state index in [4.69, 9.17) is 21.7 Å². The topological polar surface area (TPSA) is 88.7 Å². The van der Waals surface area contributed by atoms with Crippen LogP contribution in [0.4, 0.5) is 0 Å². The Balaban J connectivity index is 1.72. The summed E-state index contributed by atoms with van der Waals surface area (Å²) in [5, 5.41) is 2.40. The fourth-order valence-corrected chi connectivity index (χ4v) is 2.75. The Morgan fingerprint density at radius 1 is 1.10 bits per heavy atom. The molecule has 0 aliphatic heterocycles. The van der Waals surface area contributed by atoms with Gasteiger partial charge in [-0.25, -0.2) is 0 Å². The van der Waals surface area contributed by atoms with E-state index in [1.807, 2.05) is 42.5 Å². The van der Waals surface area contributed by atoms with Crippen LogP contribution >= 0.6 is 12.2 Å². The molecule has 0 bridgehead atoms. The van der Waals surface area contributed by atoms with Gasteiger partial charge in [0, 0.05) is 11.6 Å². The van der Waals surface area contributed by atoms with Crippen LogP contribution in [0.3, 0.4) is 0 Å². The van der Waals surface area contributed by atoms with Gasteiger partial charge in [0.25, 0.3) is 5.91 Å². The van der Waals surface area contributed by atoms with Crippen molar-refractivity contribution in [1.29, 1.82) is 0 Å². The lowest BCUT2D eigenvalue weighted by Crippen LogP contribution is -2.49. The van der Waals surface area contributed by atoms with Crippen molar-refractivity contribution in [3.05, 3.63) is 65.7 Å². The first-order chi connectivity index (χ1) is 14.9. The molecule has 0 fully saturated rings. The molecule has 7 nitrogen and oxygen atoms in total. The maximum absolute atomic E-state index is 12.0. The lowest BCUT2D eigenvalue weighted by Gasteiger charge is -2.12. The molecule has 2 aromatic carbocycles. The van der Waals surface area contributed by atoms with Crippen LogP contribution < -0.4 is 25.6 Å². The van der Waals surface area contributed by atoms with Crippen molar-refractivity contribution >= 4 is 35.2 Å². The summed E-state index contributed by atoms with van der Waals surface area (Å²) < 4.78 is 10.7. The minimum absolute atomic E-state index is 0.0408. The molecule has 0 saturated heterocycles. The molecule has 0 radical (unpaired) electrons. The number of amides is 2. The molecule has 3 N–H and O–H groups in total. The monoisotopic (exact) mass is 441 g/mol. The number of hydrogen-bond donors (Lipinski definition) is 3. The van der Waals surface area contributed by atoms with Crippen LogP contribution in [0.1, 0.15) is 37.3 Å². The lowest BCUT2D eigenvalue weighted by molar-refractivity contribution is -0.123. The summed E-state index contributed by atoms with van der Waals surface area (Å²) in [7, 11) is 1.56. The van der Waals surface area contributed by atoms with E-state index in [9.17, 15) is 9.59 Å². The van der Waals surface area contributed by atoms with Crippen molar-refractivity contribution in [3.8, 4) is 11.5 Å². The minimum Gasteiger partial charge on any atom is -0.496 e. The molecule has 2 aromatic rings. The third-order valence-corrected chi connectivity index (χ3v) is 4.74. The van der Waals surface area contributed by atoms with Crippen LogP contribution in [0.2, 0.25) is 0 Å². The number of para-hydroxylation sites is 1. The van der Waals surface area contributed by atoms with Crippen molar-refractivity contribution in [2.45, 2.75) is 26.2 Å². The molecule has 31 heavy (non-hydrogen) atoms. The van der Waals surface area contributed by atoms with Crippen molar-refractivity contribution in [2.75, 3.05) is 13.7 Å². The van der Waals surface area contributed by atoms with Gasteiger partial charge < -0.3 is 9.47 Å². The van der Waals surface area contributed by atoms with Crippen LogP contribution in [0.5, 0.6) is 11.5 Å². The van der Waals surface area contributed by atoms with E-state index in [0.29, 0.717) is 17.4 Å². The first-order valence-corrected chi connectivity index (χ1v) is 10.3. The third kappa shape index (κ3) is 8.10. The van der Waals surface area contributed by atoms with Gasteiger partial charge in [0.15, 0.2) is 11.7 Å². The highest BCUT2D eigenvalue weighted by atomic mass is 32.1. The molecule has 0 saturated carbocycles. The summed E-state index contributed by atoms with van der Waals surface area (Å²) in [4.78, 5) is 23.9. The predicted octanol–water partition coefficient (Wildman–Crippen LogP) is 3.32. The van der Waals surface area contributed by atoms with Gasteiger partial charge in [-0.15, -0.1) is 0 Å². The number of methoxy groups -OCH3 is 1. The number of thiocarbonyl (C=S) groups is 1. The van der Waals surface area contributed by atoms with Crippen LogP contribution in [0.25, 0.3) is 6.08 Å². The zero-order valence-electron chi connectivity index (χ0n) is 17.8. The van der Waals surface area contributed by atoms with Gasteiger partial charge >= 0.3 is 0 Å². The molecular weight excluding hydrogens is 414 g/mol. The molecule has 0 aliphatic rings. The molecule has 0 heterocycles. The number of nitrogens with one attached hydrogen (secondary N) is 3. The second kappa shape index (κ2) is 12.3. The molecule has 0 aliphatic carbocycles. The lowest BCUT2D eigenvalue weighted by atomic mass is 9.99. The number of hydrazine groups is 1. The van der Waals surface area contributed by atoms with E-state index in [2.05, 4.69) is 30.0 Å². The van der Waals surface area contributed by atoms with Crippen molar-refractivity contribution in [2.24, 2.45) is 0 Å². The average molecular weight is 442 g/mol. The quantitative estimate of drug-likeness (QED) is 0.331. The summed E-state index contributed by atoms with van der Waals surface area (Å²) >= 11 is 5.00. The highest BCUT2D eigenvalue weighted by Gasteiger charge is 2.07. The van der Waals surface area contributed by atoms with Crippen molar-refractivity contribution < 1.29 is 19.1 Å². The molecule has 2 rings (SSSR count). The van der Waals surface area contributed by atoms with Gasteiger partial charge in [-0.05, 0) is 54.4 Å². The first kappa shape index (κ1) is 23.9. The standard InChI is InChI=1S/C23H27N3O4S/c1-4-16(2)17-9-12-19(13-10-17)30-15-22(28)25-26-23(31)24-21(27)14-11-18-7-5-6-8-20(18)29-3/h5-14,16H,4,15H2,1-3H3,(H,25,28)(H2,24,26,27,31)/b14-11+. The van der Waals surface area contributed by atoms with E-state index >= 15 is 0 Å². The number of rotatable bonds is 8. The zero-order chi connectivity index (χ0) is 22.6. The summed E-state index contributed by atoms with van der Waals surface area (Å²) in [6, 6.07) is 14.9. The van der Waals surface area contributed by atoms with E-state index in [1.54, 1.807) is 19.3 Å². The SMILES string of the molecule is CCC(C)c1ccc(OCC(=O)NNC(=S)NC(=O)/C=C/c2ccccc2OC)cc1. The molecule has 2 amide bonds. The molecule has 0 spiro atoms. The van der Waals surface area contributed by atoms with Gasteiger partial charge in [0.2, 0.25) is 5.91 Å². The van der Waals surface area contributed by atoms with Crippen LogP contribution in [0.15, 0.2) is 54.6 Å². The van der Waals surface area contributed by atoms with Crippen molar-refractivity contribution in [1.82, 2.24) is 16.2 Å². The average Bonchev–Trinajstić information content (AvgIpc) is 2.80. The molecule has 8 heteroatoms. The van der Waals surface area contributed by atoms with E-state index in [-0.39, 0.29) is 11.7 Å². The van der Waals surface area contributed by atoms with Gasteiger partial charge in [0.1, 0.15) is 11.5 Å². The highest BCUT2D eigenvalue weighted by Crippen LogP contribution is 2.21. The molecule has 0 aromatic heterocycles. The van der Waals surface area contributed by atoms with Crippen LogP contribution in [-0.4, -0.2) is 30.6 Å². The van der Waals surface area contributed by atoms with E-state index < -0.39 is 11.8 Å². The number of hydrogen-bond acceptors (Lipinski definition) is 5. The number of benzene rings is 2. The Morgan fingerprint density at radius 2 is 1.81 bits per heavy atom. The first-order valence-electron chi connectivity index (χ1n) is 9.86. The number of carbonyl (C=O) groups excluding carboxylic acids is 2. The Hall–Kier alpha value is -3.39. The second-order valence-corrected chi connectivity index (χ2v) is 7.14. The summed E-state index contributed by atoms with van der Waals surface area (Å²) in [6.45, 7) is 4.10. The summed E-state index contributed by atoms with van der Waals surface area (Å²) in [6.07, 6.45) is 3.98. The zero-order valence-corrected chi connectivity index (χ0v) is 18.6. The van der Waals surface area contributed by atoms with E-state index in [0.717, 1.165) is 12.0 Å². The maximum Gasteiger partial charge on any atom is 0.276 e. The van der Waals surface area contributed by atoms with Crippen LogP contribution in [0, 0.1) is 0 Å². The Labute approximate surface area is 187 Å². The largest absolute Gasteiger partial charge is 0.496 e. The predicted molar refractivity (Wildman–Crippen MR) is 125 cm³/mol. The highest BCUT2D eigenvalue weighted by molar-refractivity contribution is 7.80. The number of ether oxygens (including phenoxy) is 2. The number of carbonyl (C=O) groups is 2. The normalized spacial score (nSPS) is 11.5. The van der Waals surface area contributed by atoms with Gasteiger partial charge in [-0.2, -0.15) is 0 Å². The van der Waals surface area contributed by atoms with E-state index in [1.165, 1.54) is 11.6 Å². The van der Waals surface area contributed by atoms with Gasteiger partial charge in [-0.3, -0.25) is 25.8 Å². The van der Waals surface area contributed by atoms with Crippen molar-refractivity contribution in [3.63, 3.8) is 0 Å². The fraction of sp³-hybridized carbons (Fsp3) is 0.261.